The lowest BCUT2D eigenvalue weighted by atomic mass is 10.1. The van der Waals surface area contributed by atoms with E-state index >= 15 is 0 Å². The Morgan fingerprint density at radius 1 is 1.00 bits per heavy atom. The first-order chi connectivity index (χ1) is 13.1. The van der Waals surface area contributed by atoms with Gasteiger partial charge in [-0.2, -0.15) is 0 Å². The molecule has 2 aromatic carbocycles. The minimum Gasteiger partial charge on any atom is -0.508 e. The van der Waals surface area contributed by atoms with Gasteiger partial charge in [-0.15, -0.1) is 0 Å². The quantitative estimate of drug-likeness (QED) is 0.630. The van der Waals surface area contributed by atoms with Crippen LogP contribution in [-0.2, 0) is 11.2 Å². The van der Waals surface area contributed by atoms with Crippen LogP contribution in [0.5, 0.6) is 5.75 Å². The number of carbonyl (C=O) groups excluding carboxylic acids is 1. The van der Waals surface area contributed by atoms with E-state index in [9.17, 15) is 9.90 Å². The van der Waals surface area contributed by atoms with Gasteiger partial charge in [0, 0.05) is 24.4 Å². The lowest BCUT2D eigenvalue weighted by Crippen LogP contribution is -2.15. The van der Waals surface area contributed by atoms with Crippen molar-refractivity contribution >= 4 is 5.97 Å². The van der Waals surface area contributed by atoms with Crippen LogP contribution < -0.4 is 0 Å². The maximum absolute atomic E-state index is 12.0. The second kappa shape index (κ2) is 8.94. The lowest BCUT2D eigenvalue weighted by molar-refractivity contribution is 0.0321. The average Bonchev–Trinajstić information content (AvgIpc) is 2.70. The van der Waals surface area contributed by atoms with Crippen LogP contribution in [0.3, 0.4) is 0 Å². The molecule has 0 saturated carbocycles. The number of aromatic nitrogens is 2. The molecule has 0 aliphatic rings. The van der Waals surface area contributed by atoms with Crippen molar-refractivity contribution in [3.63, 3.8) is 0 Å². The normalized spacial score (nSPS) is 11.7. The third-order valence-electron chi connectivity index (χ3n) is 4.23. The first kappa shape index (κ1) is 18.6. The van der Waals surface area contributed by atoms with Crippen LogP contribution in [0.15, 0.2) is 67.0 Å². The monoisotopic (exact) mass is 362 g/mol. The summed E-state index contributed by atoms with van der Waals surface area (Å²) in [7, 11) is 0. The smallest absolute Gasteiger partial charge is 0.338 e. The molecule has 0 saturated heterocycles. The second-order valence-electron chi connectivity index (χ2n) is 6.41. The highest BCUT2D eigenvalue weighted by molar-refractivity contribution is 5.89. The van der Waals surface area contributed by atoms with E-state index in [1.807, 2.05) is 37.3 Å². The van der Waals surface area contributed by atoms with E-state index in [1.54, 1.807) is 36.7 Å². The predicted molar refractivity (Wildman–Crippen MR) is 103 cm³/mol. The molecular weight excluding hydrogens is 340 g/mol. The summed E-state index contributed by atoms with van der Waals surface area (Å²) < 4.78 is 5.46. The summed E-state index contributed by atoms with van der Waals surface area (Å²) in [6.45, 7) is 1.90. The van der Waals surface area contributed by atoms with Crippen LogP contribution in [0.2, 0.25) is 0 Å². The zero-order chi connectivity index (χ0) is 19.1. The molecule has 1 atom stereocenters. The Morgan fingerprint density at radius 3 is 2.33 bits per heavy atom. The molecule has 27 heavy (non-hydrogen) atoms. The summed E-state index contributed by atoms with van der Waals surface area (Å²) >= 11 is 0. The maximum atomic E-state index is 12.0. The zero-order valence-corrected chi connectivity index (χ0v) is 15.2. The van der Waals surface area contributed by atoms with Crippen LogP contribution in [0, 0.1) is 0 Å². The molecule has 0 aliphatic carbocycles. The number of hydrogen-bond acceptors (Lipinski definition) is 5. The van der Waals surface area contributed by atoms with Crippen LogP contribution in [0.25, 0.3) is 11.1 Å². The molecule has 3 rings (SSSR count). The number of phenols is 1. The topological polar surface area (TPSA) is 72.3 Å². The molecular formula is C22H22N2O3. The highest BCUT2D eigenvalue weighted by Crippen LogP contribution is 2.20. The van der Waals surface area contributed by atoms with Crippen molar-refractivity contribution in [3.8, 4) is 16.9 Å². The molecule has 3 aromatic rings. The van der Waals surface area contributed by atoms with E-state index in [0.29, 0.717) is 5.56 Å². The van der Waals surface area contributed by atoms with E-state index in [2.05, 4.69) is 9.97 Å². The Labute approximate surface area is 158 Å². The van der Waals surface area contributed by atoms with Crippen LogP contribution in [-0.4, -0.2) is 27.1 Å². The van der Waals surface area contributed by atoms with Crippen molar-refractivity contribution < 1.29 is 14.6 Å². The highest BCUT2D eigenvalue weighted by Gasteiger charge is 2.11. The van der Waals surface area contributed by atoms with Gasteiger partial charge in [-0.05, 0) is 49.6 Å². The van der Waals surface area contributed by atoms with Gasteiger partial charge in [0.05, 0.1) is 11.7 Å². The lowest BCUT2D eigenvalue weighted by Gasteiger charge is -2.13. The fraction of sp³-hybridized carbons (Fsp3) is 0.227. The van der Waals surface area contributed by atoms with Crippen molar-refractivity contribution in [1.29, 1.82) is 0 Å². The largest absolute Gasteiger partial charge is 0.508 e. The third-order valence-corrected chi connectivity index (χ3v) is 4.23. The van der Waals surface area contributed by atoms with Gasteiger partial charge in [-0.3, -0.25) is 0 Å². The minimum absolute atomic E-state index is 0.158. The number of aryl methyl sites for hydroxylation is 1. The van der Waals surface area contributed by atoms with Crippen molar-refractivity contribution in [1.82, 2.24) is 9.97 Å². The van der Waals surface area contributed by atoms with Gasteiger partial charge in [0.2, 0.25) is 0 Å². The molecule has 1 aromatic heterocycles. The molecule has 0 fully saturated rings. The van der Waals surface area contributed by atoms with Crippen LogP contribution in [0.1, 0.15) is 35.9 Å². The molecule has 0 spiro atoms. The van der Waals surface area contributed by atoms with Crippen molar-refractivity contribution in [2.24, 2.45) is 0 Å². The van der Waals surface area contributed by atoms with Crippen molar-refractivity contribution in [3.05, 3.63) is 78.4 Å². The number of benzene rings is 2. The number of nitrogens with zero attached hydrogens (tertiary/aromatic N) is 2. The number of rotatable bonds is 7. The molecule has 0 amide bonds. The van der Waals surface area contributed by atoms with E-state index in [1.165, 1.54) is 0 Å². The number of phenolic OH excluding ortho intramolecular Hbond substituents is 1. The van der Waals surface area contributed by atoms with E-state index in [4.69, 9.17) is 4.74 Å². The van der Waals surface area contributed by atoms with Crippen molar-refractivity contribution in [2.75, 3.05) is 0 Å². The molecule has 1 unspecified atom stereocenters. The molecule has 0 aliphatic heterocycles. The average molecular weight is 362 g/mol. The SMILES string of the molecule is CC(CCCc1ncc(-c2ccc(O)cc2)cn1)OC(=O)c1ccccc1. The maximum Gasteiger partial charge on any atom is 0.338 e. The Balaban J connectivity index is 1.46. The number of esters is 1. The molecule has 0 radical (unpaired) electrons. The number of hydrogen-bond donors (Lipinski definition) is 1. The summed E-state index contributed by atoms with van der Waals surface area (Å²) in [6.07, 6.45) is 5.72. The fourth-order valence-electron chi connectivity index (χ4n) is 2.72. The third kappa shape index (κ3) is 5.38. The second-order valence-corrected chi connectivity index (χ2v) is 6.41. The molecule has 1 N–H and O–H groups in total. The Bertz CT molecular complexity index is 862. The van der Waals surface area contributed by atoms with Crippen LogP contribution >= 0.6 is 0 Å². The van der Waals surface area contributed by atoms with Gasteiger partial charge in [0.15, 0.2) is 0 Å². The van der Waals surface area contributed by atoms with Gasteiger partial charge >= 0.3 is 5.97 Å². The van der Waals surface area contributed by atoms with E-state index in [0.717, 1.165) is 36.2 Å². The van der Waals surface area contributed by atoms with Crippen LogP contribution in [0.4, 0.5) is 0 Å². The Hall–Kier alpha value is -3.21. The molecule has 1 heterocycles. The molecule has 138 valence electrons. The van der Waals surface area contributed by atoms with E-state index in [-0.39, 0.29) is 17.8 Å². The first-order valence-electron chi connectivity index (χ1n) is 8.98. The summed E-state index contributed by atoms with van der Waals surface area (Å²) in [4.78, 5) is 20.8. The summed E-state index contributed by atoms with van der Waals surface area (Å²) in [6, 6.07) is 15.9. The fourth-order valence-corrected chi connectivity index (χ4v) is 2.72. The van der Waals surface area contributed by atoms with Gasteiger partial charge < -0.3 is 9.84 Å². The van der Waals surface area contributed by atoms with Crippen molar-refractivity contribution in [2.45, 2.75) is 32.3 Å². The molecule has 0 bridgehead atoms. The van der Waals surface area contributed by atoms with Gasteiger partial charge in [-0.25, -0.2) is 14.8 Å². The minimum atomic E-state index is -0.294. The number of ether oxygens (including phenoxy) is 1. The van der Waals surface area contributed by atoms with Gasteiger partial charge in [-0.1, -0.05) is 30.3 Å². The molecule has 5 nitrogen and oxygen atoms in total. The highest BCUT2D eigenvalue weighted by atomic mass is 16.5. The standard InChI is InChI=1S/C22H22N2O3/c1-16(27-22(26)18-7-3-2-4-8-18)6-5-9-21-23-14-19(15-24-21)17-10-12-20(25)13-11-17/h2-4,7-8,10-16,25H,5-6,9H2,1H3. The summed E-state index contributed by atoms with van der Waals surface area (Å²) in [5.41, 5.74) is 2.43. The number of aromatic hydroxyl groups is 1. The number of carbonyl (C=O) groups is 1. The van der Waals surface area contributed by atoms with Gasteiger partial charge in [0.25, 0.3) is 0 Å². The molecule has 5 heteroatoms. The first-order valence-corrected chi connectivity index (χ1v) is 8.98. The van der Waals surface area contributed by atoms with E-state index < -0.39 is 0 Å². The summed E-state index contributed by atoms with van der Waals surface area (Å²) in [5, 5.41) is 9.35. The summed E-state index contributed by atoms with van der Waals surface area (Å²) in [5.74, 6) is 0.704. The Morgan fingerprint density at radius 2 is 1.67 bits per heavy atom. The Kier molecular flexibility index (Phi) is 6.15. The zero-order valence-electron chi connectivity index (χ0n) is 15.2. The predicted octanol–water partition coefficient (Wildman–Crippen LogP) is 4.42. The van der Waals surface area contributed by atoms with Gasteiger partial charge in [0.1, 0.15) is 11.6 Å².